The molecule has 0 saturated carbocycles. The Morgan fingerprint density at radius 2 is 1.75 bits per heavy atom. The fraction of sp³-hybridized carbons (Fsp3) is 0.133. The molecule has 0 aliphatic rings. The van der Waals surface area contributed by atoms with Crippen molar-refractivity contribution in [2.75, 3.05) is 19.4 Å². The molecule has 1 aromatic heterocycles. The van der Waals surface area contributed by atoms with E-state index in [1.807, 2.05) is 0 Å². The van der Waals surface area contributed by atoms with Crippen LogP contribution in [-0.4, -0.2) is 35.8 Å². The van der Waals surface area contributed by atoms with Crippen LogP contribution in [0, 0.1) is 0 Å². The maximum Gasteiger partial charge on any atom is 0.255 e. The predicted octanol–water partition coefficient (Wildman–Crippen LogP) is 2.04. The molecule has 0 atom stereocenters. The van der Waals surface area contributed by atoms with Crippen LogP contribution in [-0.2, 0) is 0 Å². The molecule has 2 aromatic rings. The van der Waals surface area contributed by atoms with Gasteiger partial charge in [0.25, 0.3) is 11.8 Å². The fourth-order valence-electron chi connectivity index (χ4n) is 1.69. The lowest BCUT2D eigenvalue weighted by atomic mass is 10.1. The second kappa shape index (κ2) is 5.97. The molecule has 5 heteroatoms. The Kier molecular flexibility index (Phi) is 4.10. The van der Waals surface area contributed by atoms with E-state index < -0.39 is 0 Å². The van der Waals surface area contributed by atoms with Crippen LogP contribution in [0.2, 0.25) is 0 Å². The van der Waals surface area contributed by atoms with Crippen LogP contribution in [0.25, 0.3) is 0 Å². The lowest BCUT2D eigenvalue weighted by molar-refractivity contribution is 0.0827. The van der Waals surface area contributed by atoms with E-state index in [9.17, 15) is 9.59 Å². The van der Waals surface area contributed by atoms with E-state index in [0.29, 0.717) is 16.8 Å². The largest absolute Gasteiger partial charge is 0.345 e. The molecule has 0 unspecified atom stereocenters. The van der Waals surface area contributed by atoms with Gasteiger partial charge in [0.15, 0.2) is 0 Å². The molecule has 1 N–H and O–H groups in total. The highest BCUT2D eigenvalue weighted by molar-refractivity contribution is 6.05. The zero-order valence-electron chi connectivity index (χ0n) is 11.3. The summed E-state index contributed by atoms with van der Waals surface area (Å²) in [6.07, 6.45) is 3.11. The van der Waals surface area contributed by atoms with E-state index in [0.717, 1.165) is 0 Å². The summed E-state index contributed by atoms with van der Waals surface area (Å²) >= 11 is 0. The summed E-state index contributed by atoms with van der Waals surface area (Å²) in [7, 11) is 3.37. The number of rotatable bonds is 3. The maximum absolute atomic E-state index is 12.0. The van der Waals surface area contributed by atoms with Gasteiger partial charge in [-0.05, 0) is 30.3 Å². The van der Waals surface area contributed by atoms with Crippen LogP contribution in [0.1, 0.15) is 20.7 Å². The molecule has 0 bridgehead atoms. The Labute approximate surface area is 117 Å². The molecule has 0 radical (unpaired) electrons. The smallest absolute Gasteiger partial charge is 0.255 e. The first kappa shape index (κ1) is 13.7. The third-order valence-electron chi connectivity index (χ3n) is 2.72. The van der Waals surface area contributed by atoms with E-state index in [2.05, 4.69) is 10.3 Å². The van der Waals surface area contributed by atoms with Crippen molar-refractivity contribution in [1.29, 1.82) is 0 Å². The molecule has 0 saturated heterocycles. The van der Waals surface area contributed by atoms with Gasteiger partial charge in [-0.2, -0.15) is 0 Å². The number of pyridine rings is 1. The zero-order valence-corrected chi connectivity index (χ0v) is 11.3. The van der Waals surface area contributed by atoms with E-state index >= 15 is 0 Å². The monoisotopic (exact) mass is 269 g/mol. The number of nitrogens with zero attached hydrogens (tertiary/aromatic N) is 2. The molecule has 5 nitrogen and oxygen atoms in total. The second-order valence-electron chi connectivity index (χ2n) is 4.47. The van der Waals surface area contributed by atoms with Crippen molar-refractivity contribution in [3.63, 3.8) is 0 Å². The fourth-order valence-corrected chi connectivity index (χ4v) is 1.69. The molecule has 1 heterocycles. The lowest BCUT2D eigenvalue weighted by Gasteiger charge is -2.11. The number of benzene rings is 1. The van der Waals surface area contributed by atoms with Gasteiger partial charge in [0, 0.05) is 43.3 Å². The Hall–Kier alpha value is -2.69. The number of aromatic nitrogens is 1. The van der Waals surface area contributed by atoms with Gasteiger partial charge in [0.2, 0.25) is 0 Å². The highest BCUT2D eigenvalue weighted by Gasteiger charge is 2.10. The number of anilines is 1. The molecule has 2 rings (SSSR count). The molecule has 2 amide bonds. The van der Waals surface area contributed by atoms with Crippen molar-refractivity contribution >= 4 is 17.5 Å². The lowest BCUT2D eigenvalue weighted by Crippen LogP contribution is -2.21. The van der Waals surface area contributed by atoms with E-state index in [1.54, 1.807) is 62.9 Å². The normalized spacial score (nSPS) is 9.90. The molecule has 0 aliphatic heterocycles. The highest BCUT2D eigenvalue weighted by Crippen LogP contribution is 2.13. The van der Waals surface area contributed by atoms with Crippen molar-refractivity contribution in [2.24, 2.45) is 0 Å². The first-order chi connectivity index (χ1) is 9.58. The minimum Gasteiger partial charge on any atom is -0.345 e. The number of hydrogen-bond acceptors (Lipinski definition) is 3. The number of carbonyl (C=O) groups is 2. The zero-order chi connectivity index (χ0) is 14.5. The van der Waals surface area contributed by atoms with Crippen LogP contribution in [0.4, 0.5) is 5.69 Å². The van der Waals surface area contributed by atoms with Crippen molar-refractivity contribution in [2.45, 2.75) is 0 Å². The van der Waals surface area contributed by atoms with E-state index in [4.69, 9.17) is 0 Å². The first-order valence-corrected chi connectivity index (χ1v) is 6.11. The summed E-state index contributed by atoms with van der Waals surface area (Å²) in [6, 6.07) is 10.1. The van der Waals surface area contributed by atoms with Gasteiger partial charge in [0.05, 0.1) is 0 Å². The minimum absolute atomic E-state index is 0.106. The van der Waals surface area contributed by atoms with Gasteiger partial charge >= 0.3 is 0 Å². The number of carbonyl (C=O) groups excluding carboxylic acids is 2. The topological polar surface area (TPSA) is 62.3 Å². The Bertz CT molecular complexity index is 624. The molecule has 102 valence electrons. The van der Waals surface area contributed by atoms with Crippen LogP contribution in [0.3, 0.4) is 0 Å². The molecule has 1 aromatic carbocycles. The first-order valence-electron chi connectivity index (χ1n) is 6.11. The highest BCUT2D eigenvalue weighted by atomic mass is 16.2. The summed E-state index contributed by atoms with van der Waals surface area (Å²) in [6.45, 7) is 0. The van der Waals surface area contributed by atoms with Gasteiger partial charge in [-0.25, -0.2) is 0 Å². The minimum atomic E-state index is -0.234. The summed E-state index contributed by atoms with van der Waals surface area (Å²) in [5.41, 5.74) is 1.63. The van der Waals surface area contributed by atoms with Crippen molar-refractivity contribution in [3.8, 4) is 0 Å². The molecule has 0 aliphatic carbocycles. The van der Waals surface area contributed by atoms with Gasteiger partial charge in [0.1, 0.15) is 0 Å². The molecule has 0 spiro atoms. The molecular weight excluding hydrogens is 254 g/mol. The Balaban J connectivity index is 2.16. The Morgan fingerprint density at radius 3 is 2.40 bits per heavy atom. The average Bonchev–Trinajstić information content (AvgIpc) is 2.47. The van der Waals surface area contributed by atoms with Gasteiger partial charge < -0.3 is 10.2 Å². The summed E-state index contributed by atoms with van der Waals surface area (Å²) in [5.74, 6) is -0.341. The third-order valence-corrected chi connectivity index (χ3v) is 2.72. The van der Waals surface area contributed by atoms with E-state index in [1.165, 1.54) is 4.90 Å². The number of amides is 2. The molecular formula is C15H15N3O2. The Morgan fingerprint density at radius 1 is 1.05 bits per heavy atom. The van der Waals surface area contributed by atoms with Crippen LogP contribution in [0.15, 0.2) is 48.8 Å². The van der Waals surface area contributed by atoms with Crippen molar-refractivity contribution in [1.82, 2.24) is 9.88 Å². The quantitative estimate of drug-likeness (QED) is 0.927. The van der Waals surface area contributed by atoms with Crippen LogP contribution < -0.4 is 5.32 Å². The molecule has 0 fully saturated rings. The van der Waals surface area contributed by atoms with Gasteiger partial charge in [-0.1, -0.05) is 6.07 Å². The summed E-state index contributed by atoms with van der Waals surface area (Å²) in [4.78, 5) is 29.2. The second-order valence-corrected chi connectivity index (χ2v) is 4.47. The van der Waals surface area contributed by atoms with Crippen molar-refractivity contribution < 1.29 is 9.59 Å². The third kappa shape index (κ3) is 3.20. The van der Waals surface area contributed by atoms with Crippen LogP contribution >= 0.6 is 0 Å². The van der Waals surface area contributed by atoms with Crippen molar-refractivity contribution in [3.05, 3.63) is 59.9 Å². The van der Waals surface area contributed by atoms with Gasteiger partial charge in [-0.3, -0.25) is 14.6 Å². The predicted molar refractivity (Wildman–Crippen MR) is 76.6 cm³/mol. The maximum atomic E-state index is 12.0. The number of hydrogen-bond donors (Lipinski definition) is 1. The average molecular weight is 269 g/mol. The molecule has 20 heavy (non-hydrogen) atoms. The number of nitrogens with one attached hydrogen (secondary N) is 1. The standard InChI is InChI=1S/C15H15N3O2/c1-18(2)15(20)12-4-3-5-13(10-12)17-14(19)11-6-8-16-9-7-11/h3-10H,1-2H3,(H,17,19). The van der Waals surface area contributed by atoms with E-state index in [-0.39, 0.29) is 11.8 Å². The van der Waals surface area contributed by atoms with Gasteiger partial charge in [-0.15, -0.1) is 0 Å². The summed E-state index contributed by atoms with van der Waals surface area (Å²) in [5, 5.41) is 2.75. The summed E-state index contributed by atoms with van der Waals surface area (Å²) < 4.78 is 0. The SMILES string of the molecule is CN(C)C(=O)c1cccc(NC(=O)c2ccncc2)c1. The van der Waals surface area contributed by atoms with Crippen LogP contribution in [0.5, 0.6) is 0 Å².